The maximum atomic E-state index is 2.37. The van der Waals surface area contributed by atoms with E-state index in [9.17, 15) is 0 Å². The van der Waals surface area contributed by atoms with Gasteiger partial charge in [-0.15, -0.1) is 0 Å². The first-order valence-electron chi connectivity index (χ1n) is 3.60. The Labute approximate surface area is 52.3 Å². The van der Waals surface area contributed by atoms with Crippen LogP contribution in [0.5, 0.6) is 0 Å². The van der Waals surface area contributed by atoms with Crippen LogP contribution in [-0.2, 0) is 0 Å². The molecule has 0 heteroatoms. The monoisotopic (exact) mass is 112 g/mol. The van der Waals surface area contributed by atoms with E-state index in [1.165, 1.54) is 19.3 Å². The second-order valence-corrected chi connectivity index (χ2v) is 4.01. The summed E-state index contributed by atoms with van der Waals surface area (Å²) in [4.78, 5) is 0. The Morgan fingerprint density at radius 2 is 2.00 bits per heavy atom. The third kappa shape index (κ3) is 1.24. The summed E-state index contributed by atoms with van der Waals surface area (Å²) in [5.41, 5.74) is 0.666. The van der Waals surface area contributed by atoms with Gasteiger partial charge in [-0.3, -0.25) is 0 Å². The molecule has 1 saturated carbocycles. The molecule has 8 heavy (non-hydrogen) atoms. The lowest BCUT2D eigenvalue weighted by Gasteiger charge is -2.15. The third-order valence-electron chi connectivity index (χ3n) is 2.21. The summed E-state index contributed by atoms with van der Waals surface area (Å²) >= 11 is 0. The van der Waals surface area contributed by atoms with Gasteiger partial charge in [-0.25, -0.2) is 0 Å². The minimum Gasteiger partial charge on any atom is -0.0625 e. The van der Waals surface area contributed by atoms with E-state index in [1.807, 2.05) is 0 Å². The Balaban J connectivity index is 2.44. The molecule has 0 aromatic heterocycles. The first-order valence-corrected chi connectivity index (χ1v) is 3.60. The lowest BCUT2D eigenvalue weighted by Crippen LogP contribution is -2.03. The van der Waals surface area contributed by atoms with Crippen molar-refractivity contribution in [2.24, 2.45) is 11.3 Å². The van der Waals surface area contributed by atoms with Gasteiger partial charge in [0, 0.05) is 0 Å². The van der Waals surface area contributed by atoms with Crippen molar-refractivity contribution >= 4 is 0 Å². The minimum atomic E-state index is 0.666. The van der Waals surface area contributed by atoms with Crippen LogP contribution >= 0.6 is 0 Å². The topological polar surface area (TPSA) is 0 Å². The Morgan fingerprint density at radius 3 is 2.12 bits per heavy atom. The molecule has 1 aliphatic rings. The molecule has 0 nitrogen and oxygen atoms in total. The van der Waals surface area contributed by atoms with E-state index in [2.05, 4.69) is 20.8 Å². The predicted molar refractivity (Wildman–Crippen MR) is 36.8 cm³/mol. The first-order chi connectivity index (χ1) is 3.60. The summed E-state index contributed by atoms with van der Waals surface area (Å²) in [5, 5.41) is 0. The van der Waals surface area contributed by atoms with E-state index in [4.69, 9.17) is 0 Å². The zero-order chi connectivity index (χ0) is 6.20. The molecule has 1 rings (SSSR count). The van der Waals surface area contributed by atoms with Crippen molar-refractivity contribution in [1.29, 1.82) is 0 Å². The molecular formula is C8H16. The molecule has 0 bridgehead atoms. The normalized spacial score (nSPS) is 35.6. The molecule has 0 aliphatic heterocycles. The molecule has 0 aromatic carbocycles. The highest BCUT2D eigenvalue weighted by atomic mass is 14.3. The van der Waals surface area contributed by atoms with Crippen molar-refractivity contribution in [3.05, 3.63) is 0 Å². The van der Waals surface area contributed by atoms with E-state index in [-0.39, 0.29) is 0 Å². The SMILES string of the molecule is CC1CCC(C)(C)C1. The van der Waals surface area contributed by atoms with Crippen LogP contribution in [0, 0.1) is 11.3 Å². The second kappa shape index (κ2) is 1.75. The Morgan fingerprint density at radius 1 is 1.38 bits per heavy atom. The van der Waals surface area contributed by atoms with Gasteiger partial charge in [0.15, 0.2) is 0 Å². The molecule has 0 spiro atoms. The Kier molecular flexibility index (Phi) is 1.34. The number of hydrogen-bond donors (Lipinski definition) is 0. The maximum Gasteiger partial charge on any atom is -0.0352 e. The largest absolute Gasteiger partial charge is 0.0625 e. The highest BCUT2D eigenvalue weighted by molar-refractivity contribution is 4.79. The van der Waals surface area contributed by atoms with Gasteiger partial charge in [0.1, 0.15) is 0 Å². The summed E-state index contributed by atoms with van der Waals surface area (Å²) in [6.07, 6.45) is 4.33. The van der Waals surface area contributed by atoms with Crippen molar-refractivity contribution in [3.8, 4) is 0 Å². The molecular weight excluding hydrogens is 96.1 g/mol. The quantitative estimate of drug-likeness (QED) is 0.452. The Hall–Kier alpha value is 0. The van der Waals surface area contributed by atoms with Gasteiger partial charge >= 0.3 is 0 Å². The van der Waals surface area contributed by atoms with Crippen molar-refractivity contribution in [1.82, 2.24) is 0 Å². The molecule has 1 fully saturated rings. The predicted octanol–water partition coefficient (Wildman–Crippen LogP) is 2.83. The van der Waals surface area contributed by atoms with Gasteiger partial charge in [0.25, 0.3) is 0 Å². The van der Waals surface area contributed by atoms with E-state index < -0.39 is 0 Å². The molecule has 0 saturated heterocycles. The van der Waals surface area contributed by atoms with Crippen LogP contribution in [0.3, 0.4) is 0 Å². The summed E-state index contributed by atoms with van der Waals surface area (Å²) in [6, 6.07) is 0. The number of rotatable bonds is 0. The van der Waals surface area contributed by atoms with Gasteiger partial charge in [0.05, 0.1) is 0 Å². The van der Waals surface area contributed by atoms with Crippen molar-refractivity contribution in [2.45, 2.75) is 40.0 Å². The molecule has 0 amide bonds. The van der Waals surface area contributed by atoms with Crippen molar-refractivity contribution < 1.29 is 0 Å². The van der Waals surface area contributed by atoms with Crippen LogP contribution in [-0.4, -0.2) is 0 Å². The summed E-state index contributed by atoms with van der Waals surface area (Å²) < 4.78 is 0. The lowest BCUT2D eigenvalue weighted by molar-refractivity contribution is 0.366. The Bertz CT molecular complexity index is 82.0. The lowest BCUT2D eigenvalue weighted by atomic mass is 9.91. The van der Waals surface area contributed by atoms with E-state index in [0.717, 1.165) is 5.92 Å². The van der Waals surface area contributed by atoms with Crippen LogP contribution in [0.15, 0.2) is 0 Å². The van der Waals surface area contributed by atoms with Crippen molar-refractivity contribution in [2.75, 3.05) is 0 Å². The van der Waals surface area contributed by atoms with Gasteiger partial charge < -0.3 is 0 Å². The average Bonchev–Trinajstić information content (AvgIpc) is 1.82. The summed E-state index contributed by atoms with van der Waals surface area (Å²) in [5.74, 6) is 0.991. The molecule has 1 atom stereocenters. The van der Waals surface area contributed by atoms with Crippen LogP contribution in [0.25, 0.3) is 0 Å². The van der Waals surface area contributed by atoms with E-state index in [1.54, 1.807) is 0 Å². The maximum absolute atomic E-state index is 2.37. The molecule has 1 aliphatic carbocycles. The second-order valence-electron chi connectivity index (χ2n) is 4.01. The number of hydrogen-bond acceptors (Lipinski definition) is 0. The first kappa shape index (κ1) is 6.12. The van der Waals surface area contributed by atoms with Crippen LogP contribution in [0.1, 0.15) is 40.0 Å². The third-order valence-corrected chi connectivity index (χ3v) is 2.21. The van der Waals surface area contributed by atoms with Gasteiger partial charge in [-0.1, -0.05) is 27.2 Å². The molecule has 0 N–H and O–H groups in total. The zero-order valence-electron chi connectivity index (χ0n) is 6.20. The molecule has 0 radical (unpaired) electrons. The minimum absolute atomic E-state index is 0.666. The fraction of sp³-hybridized carbons (Fsp3) is 1.00. The summed E-state index contributed by atoms with van der Waals surface area (Å²) in [7, 11) is 0. The smallest absolute Gasteiger partial charge is 0.0352 e. The highest BCUT2D eigenvalue weighted by Gasteiger charge is 2.27. The molecule has 0 aromatic rings. The van der Waals surface area contributed by atoms with E-state index >= 15 is 0 Å². The standard InChI is InChI=1S/C8H16/c1-7-4-5-8(2,3)6-7/h7H,4-6H2,1-3H3. The highest BCUT2D eigenvalue weighted by Crippen LogP contribution is 2.40. The van der Waals surface area contributed by atoms with Crippen LogP contribution in [0.4, 0.5) is 0 Å². The molecule has 1 unspecified atom stereocenters. The van der Waals surface area contributed by atoms with Gasteiger partial charge in [-0.2, -0.15) is 0 Å². The van der Waals surface area contributed by atoms with Crippen molar-refractivity contribution in [3.63, 3.8) is 0 Å². The van der Waals surface area contributed by atoms with Crippen LogP contribution in [0.2, 0.25) is 0 Å². The van der Waals surface area contributed by atoms with Gasteiger partial charge in [0.2, 0.25) is 0 Å². The van der Waals surface area contributed by atoms with E-state index in [0.29, 0.717) is 5.41 Å². The van der Waals surface area contributed by atoms with Gasteiger partial charge in [-0.05, 0) is 24.2 Å². The van der Waals surface area contributed by atoms with Crippen LogP contribution < -0.4 is 0 Å². The zero-order valence-corrected chi connectivity index (χ0v) is 6.20. The molecule has 0 heterocycles. The summed E-state index contributed by atoms with van der Waals surface area (Å²) in [6.45, 7) is 7.10. The average molecular weight is 112 g/mol. The molecule has 48 valence electrons. The fourth-order valence-corrected chi connectivity index (χ4v) is 1.78. The fourth-order valence-electron chi connectivity index (χ4n) is 1.78.